The Morgan fingerprint density at radius 1 is 1.09 bits per heavy atom. The number of hydrogen-bond donors (Lipinski definition) is 2. The van der Waals surface area contributed by atoms with Crippen LogP contribution in [0.5, 0.6) is 17.2 Å². The molecule has 6 nitrogen and oxygen atoms in total. The molecule has 0 heterocycles. The van der Waals surface area contributed by atoms with Gasteiger partial charge < -0.3 is 24.8 Å². The highest BCUT2D eigenvalue weighted by Gasteiger charge is 2.13. The van der Waals surface area contributed by atoms with E-state index in [0.717, 1.165) is 24.5 Å². The first-order valence-electron chi connectivity index (χ1n) is 7.52. The minimum Gasteiger partial charge on any atom is -0.493 e. The Bertz CT molecular complexity index is 470. The van der Waals surface area contributed by atoms with Crippen LogP contribution in [0.3, 0.4) is 0 Å². The van der Waals surface area contributed by atoms with Gasteiger partial charge in [0, 0.05) is 20.1 Å². The lowest BCUT2D eigenvalue weighted by molar-refractivity contribution is 0.288. The van der Waals surface area contributed by atoms with E-state index >= 15 is 0 Å². The van der Waals surface area contributed by atoms with E-state index in [9.17, 15) is 0 Å². The van der Waals surface area contributed by atoms with Crippen LogP contribution in [-0.4, -0.2) is 40.4 Å². The lowest BCUT2D eigenvalue weighted by Crippen LogP contribution is -2.37. The highest BCUT2D eigenvalue weighted by Crippen LogP contribution is 2.38. The van der Waals surface area contributed by atoms with E-state index in [1.54, 1.807) is 21.3 Å². The summed E-state index contributed by atoms with van der Waals surface area (Å²) in [6.07, 6.45) is 1.05. The van der Waals surface area contributed by atoms with E-state index in [4.69, 9.17) is 14.2 Å². The fourth-order valence-electron chi connectivity index (χ4n) is 1.97. The van der Waals surface area contributed by atoms with Crippen LogP contribution in [0.15, 0.2) is 17.1 Å². The largest absolute Gasteiger partial charge is 0.493 e. The molecule has 1 aromatic rings. The Kier molecular flexibility index (Phi) is 11.4. The summed E-state index contributed by atoms with van der Waals surface area (Å²) in [6.45, 7) is 6.09. The lowest BCUT2D eigenvalue weighted by Gasteiger charge is -2.16. The fourth-order valence-corrected chi connectivity index (χ4v) is 1.97. The fraction of sp³-hybridized carbons (Fsp3) is 0.562. The Morgan fingerprint density at radius 2 is 1.70 bits per heavy atom. The van der Waals surface area contributed by atoms with Crippen molar-refractivity contribution in [1.82, 2.24) is 10.6 Å². The summed E-state index contributed by atoms with van der Waals surface area (Å²) < 4.78 is 16.4. The maximum Gasteiger partial charge on any atom is 0.203 e. The molecule has 23 heavy (non-hydrogen) atoms. The molecule has 0 fully saturated rings. The molecule has 0 amide bonds. The van der Waals surface area contributed by atoms with Crippen LogP contribution in [0.4, 0.5) is 0 Å². The Hall–Kier alpha value is -1.38. The predicted octanol–water partition coefficient (Wildman–Crippen LogP) is 2.80. The summed E-state index contributed by atoms with van der Waals surface area (Å²) in [5, 5.41) is 6.49. The number of halogens is 1. The second kappa shape index (κ2) is 12.1. The van der Waals surface area contributed by atoms with E-state index in [2.05, 4.69) is 22.5 Å². The molecule has 7 heteroatoms. The zero-order valence-electron chi connectivity index (χ0n) is 14.6. The third-order valence-electron chi connectivity index (χ3n) is 3.04. The predicted molar refractivity (Wildman–Crippen MR) is 105 cm³/mol. The molecule has 0 bridgehead atoms. The zero-order valence-corrected chi connectivity index (χ0v) is 16.9. The highest BCUT2D eigenvalue weighted by atomic mass is 127. The lowest BCUT2D eigenvalue weighted by atomic mass is 10.2. The number of methoxy groups -OCH3 is 2. The van der Waals surface area contributed by atoms with Crippen molar-refractivity contribution in [2.24, 2.45) is 4.99 Å². The van der Waals surface area contributed by atoms with Gasteiger partial charge in [0.1, 0.15) is 0 Å². The molecule has 132 valence electrons. The van der Waals surface area contributed by atoms with E-state index in [-0.39, 0.29) is 24.0 Å². The summed E-state index contributed by atoms with van der Waals surface area (Å²) >= 11 is 0. The third-order valence-corrected chi connectivity index (χ3v) is 3.04. The van der Waals surface area contributed by atoms with Gasteiger partial charge in [-0.3, -0.25) is 4.99 Å². The van der Waals surface area contributed by atoms with E-state index in [1.165, 1.54) is 0 Å². The maximum atomic E-state index is 5.60. The van der Waals surface area contributed by atoms with Crippen LogP contribution in [0.25, 0.3) is 0 Å². The summed E-state index contributed by atoms with van der Waals surface area (Å²) in [5.41, 5.74) is 1.02. The quantitative estimate of drug-likeness (QED) is 0.372. The first-order valence-corrected chi connectivity index (χ1v) is 7.52. The molecular formula is C16H28IN3O3. The van der Waals surface area contributed by atoms with Crippen molar-refractivity contribution in [3.05, 3.63) is 17.7 Å². The molecule has 0 saturated heterocycles. The molecule has 1 aromatic carbocycles. The minimum absolute atomic E-state index is 0. The second-order valence-corrected chi connectivity index (χ2v) is 4.62. The number of hydrogen-bond acceptors (Lipinski definition) is 4. The number of benzene rings is 1. The number of rotatable bonds is 8. The molecule has 0 radical (unpaired) electrons. The van der Waals surface area contributed by atoms with Crippen LogP contribution in [0.1, 0.15) is 25.8 Å². The molecular weight excluding hydrogens is 409 g/mol. The molecule has 0 unspecified atom stereocenters. The van der Waals surface area contributed by atoms with Crippen LogP contribution in [0.2, 0.25) is 0 Å². The monoisotopic (exact) mass is 437 g/mol. The van der Waals surface area contributed by atoms with E-state index < -0.39 is 0 Å². The van der Waals surface area contributed by atoms with Crippen LogP contribution in [0, 0.1) is 0 Å². The molecule has 2 N–H and O–H groups in total. The maximum absolute atomic E-state index is 5.60. The highest BCUT2D eigenvalue weighted by molar-refractivity contribution is 14.0. The molecule has 0 atom stereocenters. The molecule has 0 aliphatic heterocycles. The average Bonchev–Trinajstić information content (AvgIpc) is 2.55. The van der Waals surface area contributed by atoms with Gasteiger partial charge in [-0.1, -0.05) is 6.92 Å². The molecule has 0 aliphatic rings. The first kappa shape index (κ1) is 21.6. The van der Waals surface area contributed by atoms with Gasteiger partial charge in [0.25, 0.3) is 0 Å². The Labute approximate surface area is 156 Å². The molecule has 1 rings (SSSR count). The van der Waals surface area contributed by atoms with Gasteiger partial charge in [-0.15, -0.1) is 24.0 Å². The van der Waals surface area contributed by atoms with Gasteiger partial charge in [0.05, 0.1) is 20.8 Å². The van der Waals surface area contributed by atoms with Crippen molar-refractivity contribution in [1.29, 1.82) is 0 Å². The number of nitrogens with zero attached hydrogens (tertiary/aromatic N) is 1. The summed E-state index contributed by atoms with van der Waals surface area (Å²) in [4.78, 5) is 4.18. The minimum atomic E-state index is 0. The van der Waals surface area contributed by atoms with Crippen molar-refractivity contribution >= 4 is 29.9 Å². The number of aliphatic imine (C=N–C) groups is 1. The summed E-state index contributed by atoms with van der Waals surface area (Å²) in [5.74, 6) is 2.72. The van der Waals surface area contributed by atoms with Crippen molar-refractivity contribution in [2.75, 3.05) is 34.4 Å². The Morgan fingerprint density at radius 3 is 2.13 bits per heavy atom. The van der Waals surface area contributed by atoms with Crippen LogP contribution in [-0.2, 0) is 6.54 Å². The number of ether oxygens (including phenoxy) is 3. The SMILES string of the molecule is CCCNC(=NC)NCc1cc(OC)c(OCC)c(OC)c1.I. The van der Waals surface area contributed by atoms with Crippen molar-refractivity contribution < 1.29 is 14.2 Å². The average molecular weight is 437 g/mol. The van der Waals surface area contributed by atoms with Crippen molar-refractivity contribution in [2.45, 2.75) is 26.8 Å². The van der Waals surface area contributed by atoms with Gasteiger partial charge in [0.2, 0.25) is 5.75 Å². The standard InChI is InChI=1S/C16H27N3O3.HI/c1-6-8-18-16(17-3)19-11-12-9-13(20-4)15(22-7-2)14(10-12)21-5;/h9-10H,6-8,11H2,1-5H3,(H2,17,18,19);1H. The van der Waals surface area contributed by atoms with E-state index in [0.29, 0.717) is 30.4 Å². The number of guanidine groups is 1. The topological polar surface area (TPSA) is 64.1 Å². The van der Waals surface area contributed by atoms with Gasteiger partial charge >= 0.3 is 0 Å². The van der Waals surface area contributed by atoms with Crippen molar-refractivity contribution in [3.63, 3.8) is 0 Å². The van der Waals surface area contributed by atoms with Gasteiger partial charge in [-0.2, -0.15) is 0 Å². The molecule has 0 aromatic heterocycles. The summed E-state index contributed by atoms with van der Waals surface area (Å²) in [6, 6.07) is 3.88. The normalized spacial score (nSPS) is 10.6. The zero-order chi connectivity index (χ0) is 16.4. The smallest absolute Gasteiger partial charge is 0.203 e. The number of nitrogens with one attached hydrogen (secondary N) is 2. The third kappa shape index (κ3) is 6.72. The van der Waals surface area contributed by atoms with Crippen molar-refractivity contribution in [3.8, 4) is 17.2 Å². The van der Waals surface area contributed by atoms with Crippen LogP contribution < -0.4 is 24.8 Å². The summed E-state index contributed by atoms with van der Waals surface area (Å²) in [7, 11) is 5.00. The Balaban J connectivity index is 0.00000484. The van der Waals surface area contributed by atoms with Gasteiger partial charge in [-0.25, -0.2) is 0 Å². The molecule has 0 aliphatic carbocycles. The first-order chi connectivity index (χ1) is 10.7. The van der Waals surface area contributed by atoms with Gasteiger partial charge in [0.15, 0.2) is 17.5 Å². The van der Waals surface area contributed by atoms with Gasteiger partial charge in [-0.05, 0) is 31.0 Å². The molecule has 0 spiro atoms. The second-order valence-electron chi connectivity index (χ2n) is 4.62. The van der Waals surface area contributed by atoms with Crippen LogP contribution >= 0.6 is 24.0 Å². The molecule has 0 saturated carbocycles. The van der Waals surface area contributed by atoms with E-state index in [1.807, 2.05) is 19.1 Å².